The van der Waals surface area contributed by atoms with Crippen LogP contribution in [0.4, 0.5) is 18.0 Å². The molecule has 10 heteroatoms. The van der Waals surface area contributed by atoms with Gasteiger partial charge in [0, 0.05) is 41.6 Å². The number of amides is 3. The molecule has 0 unspecified atom stereocenters. The first kappa shape index (κ1) is 24.7. The maximum Gasteiger partial charge on any atom is 0.416 e. The number of rotatable bonds is 4. The van der Waals surface area contributed by atoms with Gasteiger partial charge in [0.25, 0.3) is 0 Å². The Morgan fingerprint density at radius 3 is 2.09 bits per heavy atom. The van der Waals surface area contributed by atoms with Crippen LogP contribution >= 0.6 is 23.2 Å². The number of benzene rings is 2. The van der Waals surface area contributed by atoms with E-state index < -0.39 is 17.8 Å². The van der Waals surface area contributed by atoms with E-state index in [1.165, 1.54) is 12.1 Å². The maximum atomic E-state index is 13.1. The number of alkyl halides is 3. The lowest BCUT2D eigenvalue weighted by Crippen LogP contribution is -2.49. The third kappa shape index (κ3) is 5.13. The highest BCUT2D eigenvalue weighted by Gasteiger charge is 2.38. The smallest absolute Gasteiger partial charge is 0.351 e. The Bertz CT molecular complexity index is 1060. The lowest BCUT2D eigenvalue weighted by atomic mass is 9.95. The van der Waals surface area contributed by atoms with Crippen LogP contribution in [-0.2, 0) is 17.4 Å². The van der Waals surface area contributed by atoms with Crippen molar-refractivity contribution in [1.82, 2.24) is 9.80 Å². The van der Waals surface area contributed by atoms with Crippen molar-refractivity contribution in [2.75, 3.05) is 19.6 Å². The van der Waals surface area contributed by atoms with E-state index in [0.717, 1.165) is 12.1 Å². The summed E-state index contributed by atoms with van der Waals surface area (Å²) < 4.78 is 38.5. The van der Waals surface area contributed by atoms with Crippen molar-refractivity contribution < 1.29 is 22.8 Å². The predicted molar refractivity (Wildman–Crippen MR) is 125 cm³/mol. The van der Waals surface area contributed by atoms with Crippen molar-refractivity contribution in [2.24, 2.45) is 11.7 Å². The van der Waals surface area contributed by atoms with E-state index in [-0.39, 0.29) is 17.9 Å². The molecule has 0 bridgehead atoms. The molecule has 34 heavy (non-hydrogen) atoms. The summed E-state index contributed by atoms with van der Waals surface area (Å²) in [5.41, 5.74) is 6.43. The molecule has 2 saturated heterocycles. The van der Waals surface area contributed by atoms with Gasteiger partial charge in [-0.2, -0.15) is 13.2 Å². The Hall–Kier alpha value is -2.45. The molecule has 2 aliphatic heterocycles. The van der Waals surface area contributed by atoms with Crippen molar-refractivity contribution in [1.29, 1.82) is 0 Å². The third-order valence-corrected chi connectivity index (χ3v) is 7.38. The number of primary amides is 1. The van der Waals surface area contributed by atoms with E-state index in [1.54, 1.807) is 17.0 Å². The first-order chi connectivity index (χ1) is 16.0. The minimum atomic E-state index is -4.40. The molecule has 0 aromatic heterocycles. The van der Waals surface area contributed by atoms with Gasteiger partial charge in [0.2, 0.25) is 5.91 Å². The van der Waals surface area contributed by atoms with Gasteiger partial charge in [0.1, 0.15) is 0 Å². The van der Waals surface area contributed by atoms with Gasteiger partial charge in [0.15, 0.2) is 0 Å². The number of likely N-dealkylation sites (tertiary alicyclic amines) is 2. The minimum Gasteiger partial charge on any atom is -0.351 e. The maximum absolute atomic E-state index is 13.1. The summed E-state index contributed by atoms with van der Waals surface area (Å²) in [6.45, 7) is 1.72. The van der Waals surface area contributed by atoms with Crippen LogP contribution in [0.15, 0.2) is 36.4 Å². The lowest BCUT2D eigenvalue weighted by Gasteiger charge is -2.36. The van der Waals surface area contributed by atoms with Crippen LogP contribution in [0.2, 0.25) is 10.0 Å². The Morgan fingerprint density at radius 1 is 0.971 bits per heavy atom. The predicted octanol–water partition coefficient (Wildman–Crippen LogP) is 5.61. The zero-order chi connectivity index (χ0) is 24.6. The Kier molecular flexibility index (Phi) is 7.01. The number of urea groups is 1. The van der Waals surface area contributed by atoms with E-state index in [9.17, 15) is 22.8 Å². The van der Waals surface area contributed by atoms with Gasteiger partial charge < -0.3 is 15.5 Å². The first-order valence-corrected chi connectivity index (χ1v) is 11.8. The summed E-state index contributed by atoms with van der Waals surface area (Å²) in [6.07, 6.45) is -1.93. The molecular formula is C24H24Cl2F3N3O2. The molecule has 0 spiro atoms. The largest absolute Gasteiger partial charge is 0.416 e. The SMILES string of the molecule is NC(=O)N1CCC(N2CC[C@@H](Cc3c(Cl)cc(-c4ccc(C(F)(F)F)cc4)cc3Cl)C2=O)CC1. The number of hydrogen-bond donors (Lipinski definition) is 1. The van der Waals surface area contributed by atoms with Crippen LogP contribution in [0.5, 0.6) is 0 Å². The van der Waals surface area contributed by atoms with Crippen molar-refractivity contribution in [3.05, 3.63) is 57.6 Å². The number of carbonyl (C=O) groups excluding carboxylic acids is 2. The molecule has 2 aliphatic rings. The fourth-order valence-corrected chi connectivity index (χ4v) is 5.42. The van der Waals surface area contributed by atoms with Crippen molar-refractivity contribution in [2.45, 2.75) is 37.9 Å². The van der Waals surface area contributed by atoms with E-state index in [2.05, 4.69) is 0 Å². The van der Waals surface area contributed by atoms with Crippen LogP contribution < -0.4 is 5.73 Å². The van der Waals surface area contributed by atoms with Gasteiger partial charge in [-0.3, -0.25) is 4.79 Å². The summed E-state index contributed by atoms with van der Waals surface area (Å²) in [4.78, 5) is 27.9. The van der Waals surface area contributed by atoms with Gasteiger partial charge in [0.05, 0.1) is 5.56 Å². The van der Waals surface area contributed by atoms with Gasteiger partial charge in [-0.15, -0.1) is 0 Å². The van der Waals surface area contributed by atoms with Crippen molar-refractivity contribution in [3.63, 3.8) is 0 Å². The molecule has 2 heterocycles. The Labute approximate surface area is 205 Å². The second-order valence-electron chi connectivity index (χ2n) is 8.77. The third-order valence-electron chi connectivity index (χ3n) is 6.70. The quantitative estimate of drug-likeness (QED) is 0.576. The number of piperidine rings is 1. The average molecular weight is 514 g/mol. The van der Waals surface area contributed by atoms with Crippen molar-refractivity contribution in [3.8, 4) is 11.1 Å². The summed E-state index contributed by atoms with van der Waals surface area (Å²) in [6, 6.07) is 7.78. The van der Waals surface area contributed by atoms with E-state index in [4.69, 9.17) is 28.9 Å². The molecule has 2 aromatic carbocycles. The molecule has 5 nitrogen and oxygen atoms in total. The van der Waals surface area contributed by atoms with Gasteiger partial charge in [-0.25, -0.2) is 4.79 Å². The molecular weight excluding hydrogens is 490 g/mol. The monoisotopic (exact) mass is 513 g/mol. The second kappa shape index (κ2) is 9.66. The van der Waals surface area contributed by atoms with Crippen LogP contribution in [-0.4, -0.2) is 47.4 Å². The molecule has 3 amide bonds. The molecule has 4 rings (SSSR count). The molecule has 0 radical (unpaired) electrons. The van der Waals surface area contributed by atoms with Crippen LogP contribution in [0.25, 0.3) is 11.1 Å². The number of nitrogens with zero attached hydrogens (tertiary/aromatic N) is 2. The van der Waals surface area contributed by atoms with Gasteiger partial charge >= 0.3 is 12.2 Å². The standard InChI is InChI=1S/C24H24Cl2F3N3O2/c25-20-12-16(14-1-3-17(4-2-14)24(27,28)29)13-21(26)19(20)11-15-5-10-32(22(15)33)18-6-8-31(9-7-18)23(30)34/h1-4,12-13,15,18H,5-11H2,(H2,30,34)/t15-/m0/s1. The highest BCUT2D eigenvalue weighted by Crippen LogP contribution is 2.37. The average Bonchev–Trinajstić information content (AvgIpc) is 3.15. The molecule has 2 N–H and O–H groups in total. The number of carbonyl (C=O) groups is 2. The van der Waals surface area contributed by atoms with Crippen LogP contribution in [0, 0.1) is 5.92 Å². The molecule has 1 atom stereocenters. The zero-order valence-electron chi connectivity index (χ0n) is 18.2. The Balaban J connectivity index is 1.44. The normalized spacial score (nSPS) is 19.7. The number of hydrogen-bond acceptors (Lipinski definition) is 2. The van der Waals surface area contributed by atoms with E-state index in [0.29, 0.717) is 72.1 Å². The number of nitrogens with two attached hydrogens (primary N) is 1. The lowest BCUT2D eigenvalue weighted by molar-refractivity contribution is -0.137. The molecule has 0 aliphatic carbocycles. The summed E-state index contributed by atoms with van der Waals surface area (Å²) in [7, 11) is 0. The van der Waals surface area contributed by atoms with Crippen LogP contribution in [0.1, 0.15) is 30.4 Å². The van der Waals surface area contributed by atoms with E-state index >= 15 is 0 Å². The van der Waals surface area contributed by atoms with Gasteiger partial charge in [-0.05, 0) is 66.6 Å². The highest BCUT2D eigenvalue weighted by molar-refractivity contribution is 6.36. The number of halogens is 5. The van der Waals surface area contributed by atoms with Crippen LogP contribution in [0.3, 0.4) is 0 Å². The van der Waals surface area contributed by atoms with E-state index in [1.807, 2.05) is 4.90 Å². The molecule has 2 aromatic rings. The van der Waals surface area contributed by atoms with Crippen molar-refractivity contribution >= 4 is 35.1 Å². The molecule has 0 saturated carbocycles. The molecule has 2 fully saturated rings. The Morgan fingerprint density at radius 2 is 1.56 bits per heavy atom. The minimum absolute atomic E-state index is 0.0523. The molecule has 182 valence electrons. The fourth-order valence-electron chi connectivity index (χ4n) is 4.78. The summed E-state index contributed by atoms with van der Waals surface area (Å²) >= 11 is 13.0. The summed E-state index contributed by atoms with van der Waals surface area (Å²) in [5, 5.41) is 0.756. The topological polar surface area (TPSA) is 66.6 Å². The summed E-state index contributed by atoms with van der Waals surface area (Å²) in [5.74, 6) is -0.197. The second-order valence-corrected chi connectivity index (χ2v) is 9.59. The highest BCUT2D eigenvalue weighted by atomic mass is 35.5. The zero-order valence-corrected chi connectivity index (χ0v) is 19.8. The first-order valence-electron chi connectivity index (χ1n) is 11.0. The fraction of sp³-hybridized carbons (Fsp3) is 0.417. The van der Waals surface area contributed by atoms with Gasteiger partial charge in [-0.1, -0.05) is 35.3 Å².